The molecule has 0 amide bonds. The molecule has 1 heterocycles. The third kappa shape index (κ3) is 2.62. The lowest BCUT2D eigenvalue weighted by Gasteiger charge is -2.35. The third-order valence-electron chi connectivity index (χ3n) is 2.05. The maximum Gasteiger partial charge on any atom is 0.184 e. The molecule has 1 saturated heterocycles. The summed E-state index contributed by atoms with van der Waals surface area (Å²) >= 11 is 0. The van der Waals surface area contributed by atoms with Crippen LogP contribution < -0.4 is 0 Å². The van der Waals surface area contributed by atoms with E-state index in [0.29, 0.717) is 6.61 Å². The minimum absolute atomic E-state index is 0.176. The number of hydrogen-bond donors (Lipinski definition) is 3. The number of aliphatic hydroxyl groups excluding tert-OH is 3. The lowest BCUT2D eigenvalue weighted by atomic mass is 10.0. The SMILES string of the molecule is CCOC1OC(CO)C(O)CC1O. The van der Waals surface area contributed by atoms with Gasteiger partial charge < -0.3 is 24.8 Å². The summed E-state index contributed by atoms with van der Waals surface area (Å²) in [6, 6.07) is 0. The Morgan fingerprint density at radius 3 is 2.62 bits per heavy atom. The Labute approximate surface area is 76.9 Å². The topological polar surface area (TPSA) is 79.2 Å². The van der Waals surface area contributed by atoms with E-state index in [2.05, 4.69) is 0 Å². The molecule has 0 bridgehead atoms. The molecule has 1 fully saturated rings. The standard InChI is InChI=1S/C8H16O5/c1-2-12-8-6(11)3-5(10)7(4-9)13-8/h5-11H,2-4H2,1H3. The molecule has 1 rings (SSSR count). The summed E-state index contributed by atoms with van der Waals surface area (Å²) < 4.78 is 10.2. The van der Waals surface area contributed by atoms with Crippen molar-refractivity contribution in [2.75, 3.05) is 13.2 Å². The fourth-order valence-electron chi connectivity index (χ4n) is 1.34. The number of ether oxygens (including phenoxy) is 2. The van der Waals surface area contributed by atoms with E-state index >= 15 is 0 Å². The monoisotopic (exact) mass is 192 g/mol. The molecule has 13 heavy (non-hydrogen) atoms. The predicted octanol–water partition coefficient (Wildman–Crippen LogP) is -1.15. The van der Waals surface area contributed by atoms with Crippen LogP contribution in [0.3, 0.4) is 0 Å². The van der Waals surface area contributed by atoms with Crippen molar-refractivity contribution in [1.82, 2.24) is 0 Å². The summed E-state index contributed by atoms with van der Waals surface area (Å²) in [6.45, 7) is 1.95. The Morgan fingerprint density at radius 2 is 2.08 bits per heavy atom. The van der Waals surface area contributed by atoms with Gasteiger partial charge in [-0.25, -0.2) is 0 Å². The van der Waals surface area contributed by atoms with Crippen molar-refractivity contribution in [2.45, 2.75) is 37.9 Å². The van der Waals surface area contributed by atoms with Gasteiger partial charge in [-0.1, -0.05) is 0 Å². The molecule has 1 aliphatic rings. The summed E-state index contributed by atoms with van der Waals surface area (Å²) in [7, 11) is 0. The second-order valence-electron chi connectivity index (χ2n) is 3.05. The minimum atomic E-state index is -0.822. The van der Waals surface area contributed by atoms with Crippen LogP contribution in [0.15, 0.2) is 0 Å². The van der Waals surface area contributed by atoms with Crippen LogP contribution in [-0.2, 0) is 9.47 Å². The summed E-state index contributed by atoms with van der Waals surface area (Å²) in [5, 5.41) is 27.5. The molecule has 0 aliphatic carbocycles. The van der Waals surface area contributed by atoms with Crippen LogP contribution in [-0.4, -0.2) is 53.1 Å². The summed E-state index contributed by atoms with van der Waals surface area (Å²) in [5.41, 5.74) is 0. The highest BCUT2D eigenvalue weighted by atomic mass is 16.7. The van der Waals surface area contributed by atoms with Crippen molar-refractivity contribution in [2.24, 2.45) is 0 Å². The lowest BCUT2D eigenvalue weighted by Crippen LogP contribution is -2.49. The van der Waals surface area contributed by atoms with Crippen LogP contribution >= 0.6 is 0 Å². The molecular weight excluding hydrogens is 176 g/mol. The smallest absolute Gasteiger partial charge is 0.184 e. The second-order valence-corrected chi connectivity index (χ2v) is 3.05. The Bertz CT molecular complexity index is 151. The molecule has 4 atom stereocenters. The Kier molecular flexibility index (Phi) is 4.08. The molecule has 0 saturated carbocycles. The van der Waals surface area contributed by atoms with Gasteiger partial charge in [0.1, 0.15) is 12.2 Å². The summed E-state index contributed by atoms with van der Waals surface area (Å²) in [5.74, 6) is 0. The van der Waals surface area contributed by atoms with Crippen molar-refractivity contribution in [3.63, 3.8) is 0 Å². The maximum absolute atomic E-state index is 9.39. The first-order chi connectivity index (χ1) is 6.19. The van der Waals surface area contributed by atoms with Gasteiger partial charge in [-0.2, -0.15) is 0 Å². The van der Waals surface area contributed by atoms with E-state index in [1.807, 2.05) is 0 Å². The van der Waals surface area contributed by atoms with E-state index in [4.69, 9.17) is 14.6 Å². The number of hydrogen-bond acceptors (Lipinski definition) is 5. The molecule has 3 N–H and O–H groups in total. The van der Waals surface area contributed by atoms with Crippen LogP contribution in [0.5, 0.6) is 0 Å². The fourth-order valence-corrected chi connectivity index (χ4v) is 1.34. The van der Waals surface area contributed by atoms with Gasteiger partial charge in [-0.05, 0) is 6.92 Å². The normalized spacial score (nSPS) is 40.6. The highest BCUT2D eigenvalue weighted by molar-refractivity contribution is 4.80. The number of aliphatic hydroxyl groups is 3. The van der Waals surface area contributed by atoms with Crippen molar-refractivity contribution < 1.29 is 24.8 Å². The molecule has 0 aromatic rings. The molecule has 78 valence electrons. The molecule has 5 nitrogen and oxygen atoms in total. The van der Waals surface area contributed by atoms with Gasteiger partial charge in [-0.15, -0.1) is 0 Å². The minimum Gasteiger partial charge on any atom is -0.394 e. The molecule has 0 aromatic carbocycles. The van der Waals surface area contributed by atoms with Gasteiger partial charge in [0.2, 0.25) is 0 Å². The Balaban J connectivity index is 2.48. The number of rotatable bonds is 3. The summed E-state index contributed by atoms with van der Waals surface area (Å²) in [4.78, 5) is 0. The molecule has 5 heteroatoms. The molecule has 0 radical (unpaired) electrons. The Morgan fingerprint density at radius 1 is 1.38 bits per heavy atom. The zero-order valence-corrected chi connectivity index (χ0v) is 7.59. The van der Waals surface area contributed by atoms with Crippen LogP contribution in [0.4, 0.5) is 0 Å². The highest BCUT2D eigenvalue weighted by Gasteiger charge is 2.36. The van der Waals surface area contributed by atoms with Gasteiger partial charge in [0.25, 0.3) is 0 Å². The first-order valence-corrected chi connectivity index (χ1v) is 4.43. The predicted molar refractivity (Wildman–Crippen MR) is 44.0 cm³/mol. The van der Waals surface area contributed by atoms with E-state index in [-0.39, 0.29) is 13.0 Å². The van der Waals surface area contributed by atoms with Crippen LogP contribution in [0.2, 0.25) is 0 Å². The summed E-state index contributed by atoms with van der Waals surface area (Å²) in [6.07, 6.45) is -2.85. The largest absolute Gasteiger partial charge is 0.394 e. The zero-order valence-electron chi connectivity index (χ0n) is 7.59. The van der Waals surface area contributed by atoms with Gasteiger partial charge in [0.05, 0.1) is 12.7 Å². The van der Waals surface area contributed by atoms with E-state index in [0.717, 1.165) is 0 Å². The van der Waals surface area contributed by atoms with Crippen molar-refractivity contribution in [3.8, 4) is 0 Å². The van der Waals surface area contributed by atoms with Crippen molar-refractivity contribution >= 4 is 0 Å². The van der Waals surface area contributed by atoms with E-state index < -0.39 is 24.6 Å². The zero-order chi connectivity index (χ0) is 9.84. The van der Waals surface area contributed by atoms with E-state index in [1.165, 1.54) is 0 Å². The van der Waals surface area contributed by atoms with E-state index in [1.54, 1.807) is 6.92 Å². The van der Waals surface area contributed by atoms with Gasteiger partial charge >= 0.3 is 0 Å². The fraction of sp³-hybridized carbons (Fsp3) is 1.00. The molecule has 0 spiro atoms. The van der Waals surface area contributed by atoms with Crippen molar-refractivity contribution in [3.05, 3.63) is 0 Å². The second kappa shape index (κ2) is 4.88. The van der Waals surface area contributed by atoms with Crippen molar-refractivity contribution in [1.29, 1.82) is 0 Å². The average Bonchev–Trinajstić information content (AvgIpc) is 2.10. The molecular formula is C8H16O5. The van der Waals surface area contributed by atoms with Crippen LogP contribution in [0.1, 0.15) is 13.3 Å². The van der Waals surface area contributed by atoms with E-state index in [9.17, 15) is 10.2 Å². The molecule has 4 unspecified atom stereocenters. The Hall–Kier alpha value is -0.200. The highest BCUT2D eigenvalue weighted by Crippen LogP contribution is 2.20. The van der Waals surface area contributed by atoms with Gasteiger partial charge in [0, 0.05) is 13.0 Å². The average molecular weight is 192 g/mol. The third-order valence-corrected chi connectivity index (χ3v) is 2.05. The molecule has 0 aromatic heterocycles. The van der Waals surface area contributed by atoms with Gasteiger partial charge in [-0.3, -0.25) is 0 Å². The molecule has 1 aliphatic heterocycles. The van der Waals surface area contributed by atoms with Crippen LogP contribution in [0.25, 0.3) is 0 Å². The quantitative estimate of drug-likeness (QED) is 0.526. The first kappa shape index (κ1) is 10.9. The maximum atomic E-state index is 9.39. The van der Waals surface area contributed by atoms with Gasteiger partial charge in [0.15, 0.2) is 6.29 Å². The first-order valence-electron chi connectivity index (χ1n) is 4.43. The van der Waals surface area contributed by atoms with Crippen LogP contribution in [0, 0.1) is 0 Å². The lowest BCUT2D eigenvalue weighted by molar-refractivity contribution is -0.268.